The van der Waals surface area contributed by atoms with Crippen molar-refractivity contribution in [1.29, 1.82) is 0 Å². The molecule has 0 bridgehead atoms. The van der Waals surface area contributed by atoms with Gasteiger partial charge in [-0.2, -0.15) is 0 Å². The molecule has 2 aromatic heterocycles. The van der Waals surface area contributed by atoms with Crippen LogP contribution in [0.25, 0.3) is 10.9 Å². The Balaban J connectivity index is 2.08. The highest BCUT2D eigenvalue weighted by molar-refractivity contribution is 7.98. The Morgan fingerprint density at radius 3 is 2.74 bits per heavy atom. The monoisotopic (exact) mass is 346 g/mol. The first-order valence-corrected chi connectivity index (χ1v) is 8.27. The molecule has 9 heteroatoms. The Bertz CT molecular complexity index is 725. The summed E-state index contributed by atoms with van der Waals surface area (Å²) in [7, 11) is 0. The third-order valence-electron chi connectivity index (χ3n) is 3.79. The summed E-state index contributed by atoms with van der Waals surface area (Å²) in [5.41, 5.74) is -0.210. The standard InChI is InChI=1S/C14H14F4N4S/c1-23-13-19-6-7-5-8(11(15)16)20-12(10(7)22-13)21-9-3-2-4-14(9,17)18/h5-6,9,11H,2-4H2,1H3,(H,20,21)/t9-/m1/s1. The molecule has 1 aliphatic rings. The Kier molecular flexibility index (Phi) is 4.31. The van der Waals surface area contributed by atoms with Crippen LogP contribution in [0.3, 0.4) is 0 Å². The topological polar surface area (TPSA) is 50.7 Å². The highest BCUT2D eigenvalue weighted by Crippen LogP contribution is 2.38. The molecule has 2 heterocycles. The van der Waals surface area contributed by atoms with Crippen LogP contribution in [-0.4, -0.2) is 33.2 Å². The molecular formula is C14H14F4N4S. The molecule has 124 valence electrons. The zero-order chi connectivity index (χ0) is 16.6. The number of rotatable bonds is 4. The van der Waals surface area contributed by atoms with Gasteiger partial charge in [-0.25, -0.2) is 32.5 Å². The number of aromatic nitrogens is 3. The Hall–Kier alpha value is -1.64. The van der Waals surface area contributed by atoms with E-state index in [1.807, 2.05) is 0 Å². The zero-order valence-corrected chi connectivity index (χ0v) is 13.0. The van der Waals surface area contributed by atoms with E-state index in [0.717, 1.165) is 0 Å². The normalized spacial score (nSPS) is 20.3. The van der Waals surface area contributed by atoms with E-state index in [4.69, 9.17) is 0 Å². The maximum Gasteiger partial charge on any atom is 0.280 e. The van der Waals surface area contributed by atoms with E-state index in [1.54, 1.807) is 6.26 Å². The van der Waals surface area contributed by atoms with E-state index in [-0.39, 0.29) is 24.2 Å². The van der Waals surface area contributed by atoms with Crippen LogP contribution < -0.4 is 5.32 Å². The van der Waals surface area contributed by atoms with Crippen LogP contribution in [-0.2, 0) is 0 Å². The molecule has 0 aliphatic heterocycles. The van der Waals surface area contributed by atoms with Crippen molar-refractivity contribution in [2.24, 2.45) is 0 Å². The fourth-order valence-corrected chi connectivity index (χ4v) is 2.97. The van der Waals surface area contributed by atoms with Gasteiger partial charge in [-0.3, -0.25) is 0 Å². The number of pyridine rings is 1. The molecular weight excluding hydrogens is 332 g/mol. The third-order valence-corrected chi connectivity index (χ3v) is 4.36. The van der Waals surface area contributed by atoms with E-state index < -0.39 is 24.1 Å². The van der Waals surface area contributed by atoms with Crippen LogP contribution in [0.15, 0.2) is 17.4 Å². The number of nitrogens with one attached hydrogen (secondary N) is 1. The summed E-state index contributed by atoms with van der Waals surface area (Å²) >= 11 is 1.27. The lowest BCUT2D eigenvalue weighted by atomic mass is 10.2. The van der Waals surface area contributed by atoms with Gasteiger partial charge in [-0.05, 0) is 25.2 Å². The molecule has 3 rings (SSSR count). The molecule has 1 saturated carbocycles. The fraction of sp³-hybridized carbons (Fsp3) is 0.500. The summed E-state index contributed by atoms with van der Waals surface area (Å²) in [5.74, 6) is -2.92. The van der Waals surface area contributed by atoms with Crippen LogP contribution in [0.2, 0.25) is 0 Å². The summed E-state index contributed by atoms with van der Waals surface area (Å²) in [4.78, 5) is 12.1. The zero-order valence-electron chi connectivity index (χ0n) is 12.2. The van der Waals surface area contributed by atoms with Gasteiger partial charge in [-0.15, -0.1) is 0 Å². The summed E-state index contributed by atoms with van der Waals surface area (Å²) in [5, 5.41) is 3.39. The fourth-order valence-electron chi connectivity index (χ4n) is 2.62. The lowest BCUT2D eigenvalue weighted by Gasteiger charge is -2.21. The van der Waals surface area contributed by atoms with Crippen LogP contribution in [0, 0.1) is 0 Å². The summed E-state index contributed by atoms with van der Waals surface area (Å²) < 4.78 is 53.7. The van der Waals surface area contributed by atoms with Gasteiger partial charge in [0.1, 0.15) is 11.2 Å². The molecule has 1 N–H and O–H groups in total. The first-order valence-electron chi connectivity index (χ1n) is 7.05. The van der Waals surface area contributed by atoms with Crippen LogP contribution in [0.4, 0.5) is 23.4 Å². The van der Waals surface area contributed by atoms with E-state index in [2.05, 4.69) is 20.3 Å². The predicted octanol–water partition coefficient (Wildman–Crippen LogP) is 4.28. The van der Waals surface area contributed by atoms with Gasteiger partial charge >= 0.3 is 0 Å². The van der Waals surface area contributed by atoms with Crippen molar-refractivity contribution in [3.05, 3.63) is 18.0 Å². The minimum atomic E-state index is -2.88. The number of nitrogens with zero attached hydrogens (tertiary/aromatic N) is 3. The number of fused-ring (bicyclic) bond motifs is 1. The molecule has 1 fully saturated rings. The molecule has 0 aromatic carbocycles. The number of alkyl halides is 4. The molecule has 1 aliphatic carbocycles. The van der Waals surface area contributed by atoms with Crippen LogP contribution >= 0.6 is 11.8 Å². The van der Waals surface area contributed by atoms with Gasteiger partial charge in [0.15, 0.2) is 11.0 Å². The van der Waals surface area contributed by atoms with E-state index >= 15 is 0 Å². The Labute approximate surface area is 134 Å². The van der Waals surface area contributed by atoms with Crippen molar-refractivity contribution in [3.63, 3.8) is 0 Å². The van der Waals surface area contributed by atoms with Crippen molar-refractivity contribution in [3.8, 4) is 0 Å². The number of hydrogen-bond acceptors (Lipinski definition) is 5. The number of anilines is 1. The van der Waals surface area contributed by atoms with E-state index in [0.29, 0.717) is 17.0 Å². The maximum atomic E-state index is 13.8. The summed E-state index contributed by atoms with van der Waals surface area (Å²) in [6, 6.07) is 0.0565. The van der Waals surface area contributed by atoms with Gasteiger partial charge < -0.3 is 5.32 Å². The van der Waals surface area contributed by atoms with Crippen molar-refractivity contribution >= 4 is 28.5 Å². The smallest absolute Gasteiger partial charge is 0.280 e. The molecule has 0 radical (unpaired) electrons. The van der Waals surface area contributed by atoms with Gasteiger partial charge in [0, 0.05) is 18.0 Å². The number of halogens is 4. The first kappa shape index (κ1) is 16.2. The van der Waals surface area contributed by atoms with Gasteiger partial charge in [0.05, 0.1) is 6.04 Å². The second-order valence-corrected chi connectivity index (χ2v) is 6.11. The molecule has 0 saturated heterocycles. The van der Waals surface area contributed by atoms with Gasteiger partial charge in [-0.1, -0.05) is 11.8 Å². The lowest BCUT2D eigenvalue weighted by molar-refractivity contribution is -0.000661. The highest BCUT2D eigenvalue weighted by atomic mass is 32.2. The number of thioether (sulfide) groups is 1. The quantitative estimate of drug-likeness (QED) is 0.509. The second-order valence-electron chi connectivity index (χ2n) is 5.34. The largest absolute Gasteiger partial charge is 0.359 e. The van der Waals surface area contributed by atoms with Crippen LogP contribution in [0.5, 0.6) is 0 Å². The highest BCUT2D eigenvalue weighted by Gasteiger charge is 2.44. The van der Waals surface area contributed by atoms with Gasteiger partial charge in [0.25, 0.3) is 12.3 Å². The molecule has 4 nitrogen and oxygen atoms in total. The molecule has 0 amide bonds. The SMILES string of the molecule is CSc1ncc2cc(C(F)F)nc(N[C@@H]3CCCC3(F)F)c2n1. The van der Waals surface area contributed by atoms with Crippen molar-refractivity contribution in [1.82, 2.24) is 15.0 Å². The number of hydrogen-bond donors (Lipinski definition) is 1. The average Bonchev–Trinajstić information content (AvgIpc) is 2.85. The van der Waals surface area contributed by atoms with Crippen molar-refractivity contribution in [2.45, 2.75) is 42.8 Å². The van der Waals surface area contributed by atoms with E-state index in [9.17, 15) is 17.6 Å². The molecule has 23 heavy (non-hydrogen) atoms. The van der Waals surface area contributed by atoms with Crippen LogP contribution in [0.1, 0.15) is 31.4 Å². The predicted molar refractivity (Wildman–Crippen MR) is 80.3 cm³/mol. The molecule has 1 atom stereocenters. The lowest BCUT2D eigenvalue weighted by Crippen LogP contribution is -2.34. The van der Waals surface area contributed by atoms with E-state index in [1.165, 1.54) is 24.0 Å². The molecule has 0 unspecified atom stereocenters. The summed E-state index contributed by atoms with van der Waals surface area (Å²) in [6.45, 7) is 0. The minimum absolute atomic E-state index is 0.0397. The first-order chi connectivity index (χ1) is 10.9. The average molecular weight is 346 g/mol. The van der Waals surface area contributed by atoms with Crippen molar-refractivity contribution in [2.75, 3.05) is 11.6 Å². The second kappa shape index (κ2) is 6.10. The minimum Gasteiger partial charge on any atom is -0.359 e. The Morgan fingerprint density at radius 2 is 2.13 bits per heavy atom. The Morgan fingerprint density at radius 1 is 1.35 bits per heavy atom. The summed E-state index contributed by atoms with van der Waals surface area (Å²) in [6.07, 6.45) is 0.782. The molecule has 0 spiro atoms. The van der Waals surface area contributed by atoms with Crippen molar-refractivity contribution < 1.29 is 17.6 Å². The van der Waals surface area contributed by atoms with Gasteiger partial charge in [0.2, 0.25) is 0 Å². The third kappa shape index (κ3) is 3.19. The maximum absolute atomic E-state index is 13.8. The molecule has 2 aromatic rings.